The predicted octanol–water partition coefficient (Wildman–Crippen LogP) is 3.38. The molecule has 0 aliphatic heterocycles. The van der Waals surface area contributed by atoms with Crippen LogP contribution in [0.4, 0.5) is 5.69 Å². The van der Waals surface area contributed by atoms with Crippen molar-refractivity contribution >= 4 is 40.4 Å². The Labute approximate surface area is 164 Å². The van der Waals surface area contributed by atoms with E-state index in [0.29, 0.717) is 16.5 Å². The molecule has 0 saturated heterocycles. The second-order valence-electron chi connectivity index (χ2n) is 5.37. The lowest BCUT2D eigenvalue weighted by atomic mass is 10.2. The summed E-state index contributed by atoms with van der Waals surface area (Å²) < 4.78 is 5.07. The van der Waals surface area contributed by atoms with Gasteiger partial charge in [-0.3, -0.25) is 9.59 Å². The number of aromatic nitrogens is 2. The van der Waals surface area contributed by atoms with Gasteiger partial charge in [-0.2, -0.15) is 0 Å². The first-order valence-corrected chi connectivity index (χ1v) is 9.07. The first-order valence-electron chi connectivity index (χ1n) is 7.87. The average Bonchev–Trinajstić information content (AvgIpc) is 3.18. The third-order valence-corrected chi connectivity index (χ3v) is 4.85. The van der Waals surface area contributed by atoms with Crippen molar-refractivity contribution in [2.75, 3.05) is 12.4 Å². The fraction of sp³-hybridized carbons (Fsp3) is 0.111. The summed E-state index contributed by atoms with van der Waals surface area (Å²) >= 11 is 6.97. The molecule has 0 atom stereocenters. The second-order valence-corrected chi connectivity index (χ2v) is 6.75. The van der Waals surface area contributed by atoms with Crippen LogP contribution in [0.3, 0.4) is 0 Å². The fourth-order valence-corrected chi connectivity index (χ4v) is 3.02. The minimum Gasteiger partial charge on any atom is -0.497 e. The first kappa shape index (κ1) is 18.8. The number of carbonyl (C=O) groups is 2. The summed E-state index contributed by atoms with van der Waals surface area (Å²) in [5.74, 6) is -0.180. The molecule has 27 heavy (non-hydrogen) atoms. The number of methoxy groups -OCH3 is 1. The SMILES string of the molecule is COc1ccc(NC(=O)c2nnc(C(=O)NCc3ccccc3Cl)s2)cc1. The number of anilines is 1. The van der Waals surface area contributed by atoms with Crippen LogP contribution in [0.2, 0.25) is 5.02 Å². The zero-order valence-electron chi connectivity index (χ0n) is 14.2. The average molecular weight is 403 g/mol. The fourth-order valence-electron chi connectivity index (χ4n) is 2.16. The smallest absolute Gasteiger partial charge is 0.286 e. The molecule has 0 unspecified atom stereocenters. The Bertz CT molecular complexity index is 959. The molecule has 2 N–H and O–H groups in total. The summed E-state index contributed by atoms with van der Waals surface area (Å²) in [6, 6.07) is 14.1. The van der Waals surface area contributed by atoms with Gasteiger partial charge in [0, 0.05) is 17.3 Å². The molecular weight excluding hydrogens is 388 g/mol. The van der Waals surface area contributed by atoms with E-state index in [0.717, 1.165) is 16.9 Å². The summed E-state index contributed by atoms with van der Waals surface area (Å²) in [5, 5.41) is 13.7. The number of benzene rings is 2. The predicted molar refractivity (Wildman–Crippen MR) is 103 cm³/mol. The highest BCUT2D eigenvalue weighted by atomic mass is 35.5. The number of hydrogen-bond donors (Lipinski definition) is 2. The number of nitrogens with zero attached hydrogens (tertiary/aromatic N) is 2. The van der Waals surface area contributed by atoms with Crippen LogP contribution in [-0.4, -0.2) is 29.1 Å². The van der Waals surface area contributed by atoms with Crippen molar-refractivity contribution in [3.05, 3.63) is 69.1 Å². The first-order chi connectivity index (χ1) is 13.1. The monoisotopic (exact) mass is 402 g/mol. The third kappa shape index (κ3) is 4.81. The van der Waals surface area contributed by atoms with Crippen molar-refractivity contribution in [2.45, 2.75) is 6.54 Å². The van der Waals surface area contributed by atoms with E-state index < -0.39 is 11.8 Å². The Hall–Kier alpha value is -2.97. The van der Waals surface area contributed by atoms with Gasteiger partial charge in [-0.05, 0) is 35.9 Å². The molecule has 9 heteroatoms. The van der Waals surface area contributed by atoms with Crippen LogP contribution in [0, 0.1) is 0 Å². The summed E-state index contributed by atoms with van der Waals surface area (Å²) in [6.45, 7) is 0.255. The zero-order valence-corrected chi connectivity index (χ0v) is 15.8. The van der Waals surface area contributed by atoms with E-state index in [2.05, 4.69) is 20.8 Å². The Morgan fingerprint density at radius 2 is 1.70 bits per heavy atom. The molecule has 1 aromatic heterocycles. The van der Waals surface area contributed by atoms with Gasteiger partial charge in [0.25, 0.3) is 11.8 Å². The quantitative estimate of drug-likeness (QED) is 0.659. The van der Waals surface area contributed by atoms with Crippen molar-refractivity contribution in [3.8, 4) is 5.75 Å². The molecule has 0 bridgehead atoms. The standard InChI is InChI=1S/C18H15ClN4O3S/c1-26-13-8-6-12(7-9-13)21-16(25)18-23-22-17(27-18)15(24)20-10-11-4-2-3-5-14(11)19/h2-9H,10H2,1H3,(H,20,24)(H,21,25). The molecule has 0 aliphatic carbocycles. The summed E-state index contributed by atoms with van der Waals surface area (Å²) in [4.78, 5) is 24.4. The number of rotatable bonds is 6. The van der Waals surface area contributed by atoms with Crippen LogP contribution in [0.5, 0.6) is 5.75 Å². The minimum absolute atomic E-state index is 0.0914. The highest BCUT2D eigenvalue weighted by Gasteiger charge is 2.17. The van der Waals surface area contributed by atoms with Crippen LogP contribution in [0.1, 0.15) is 25.2 Å². The van der Waals surface area contributed by atoms with E-state index in [9.17, 15) is 9.59 Å². The van der Waals surface area contributed by atoms with Gasteiger partial charge < -0.3 is 15.4 Å². The van der Waals surface area contributed by atoms with Gasteiger partial charge in [-0.25, -0.2) is 0 Å². The highest BCUT2D eigenvalue weighted by molar-refractivity contribution is 7.15. The van der Waals surface area contributed by atoms with Crippen LogP contribution in [0.25, 0.3) is 0 Å². The van der Waals surface area contributed by atoms with Crippen LogP contribution in [-0.2, 0) is 6.54 Å². The number of hydrogen-bond acceptors (Lipinski definition) is 6. The number of ether oxygens (including phenoxy) is 1. The van der Waals surface area contributed by atoms with Crippen molar-refractivity contribution in [1.29, 1.82) is 0 Å². The Morgan fingerprint density at radius 3 is 2.37 bits per heavy atom. The van der Waals surface area contributed by atoms with Crippen LogP contribution < -0.4 is 15.4 Å². The molecule has 0 saturated carbocycles. The van der Waals surface area contributed by atoms with Crippen LogP contribution >= 0.6 is 22.9 Å². The molecule has 0 radical (unpaired) electrons. The van der Waals surface area contributed by atoms with Crippen molar-refractivity contribution in [2.24, 2.45) is 0 Å². The molecule has 3 aromatic rings. The topological polar surface area (TPSA) is 93.2 Å². The van der Waals surface area contributed by atoms with Crippen molar-refractivity contribution < 1.29 is 14.3 Å². The maximum atomic E-state index is 12.2. The minimum atomic E-state index is -0.442. The van der Waals surface area contributed by atoms with Gasteiger partial charge in [-0.15, -0.1) is 10.2 Å². The van der Waals surface area contributed by atoms with Gasteiger partial charge in [0.2, 0.25) is 10.0 Å². The maximum absolute atomic E-state index is 12.2. The zero-order chi connectivity index (χ0) is 19.2. The summed E-state index contributed by atoms with van der Waals surface area (Å²) in [6.07, 6.45) is 0. The molecule has 2 amide bonds. The molecule has 0 spiro atoms. The largest absolute Gasteiger partial charge is 0.497 e. The molecule has 2 aromatic carbocycles. The van der Waals surface area contributed by atoms with E-state index in [1.807, 2.05) is 18.2 Å². The molecule has 138 valence electrons. The Morgan fingerprint density at radius 1 is 1.04 bits per heavy atom. The molecular formula is C18H15ClN4O3S. The number of halogens is 1. The van der Waals surface area contributed by atoms with Gasteiger partial charge >= 0.3 is 0 Å². The van der Waals surface area contributed by atoms with Crippen molar-refractivity contribution in [3.63, 3.8) is 0 Å². The van der Waals surface area contributed by atoms with Gasteiger partial charge in [0.05, 0.1) is 7.11 Å². The maximum Gasteiger partial charge on any atom is 0.286 e. The molecule has 0 aliphatic rings. The van der Waals surface area contributed by atoms with Gasteiger partial charge in [0.15, 0.2) is 0 Å². The number of amides is 2. The molecule has 1 heterocycles. The van der Waals surface area contributed by atoms with Gasteiger partial charge in [-0.1, -0.05) is 41.1 Å². The lowest BCUT2D eigenvalue weighted by Crippen LogP contribution is -2.22. The molecule has 7 nitrogen and oxygen atoms in total. The van der Waals surface area contributed by atoms with Gasteiger partial charge in [0.1, 0.15) is 5.75 Å². The lowest BCUT2D eigenvalue weighted by molar-refractivity contribution is 0.0948. The molecule has 0 fully saturated rings. The van der Waals surface area contributed by atoms with Crippen molar-refractivity contribution in [1.82, 2.24) is 15.5 Å². The highest BCUT2D eigenvalue weighted by Crippen LogP contribution is 2.18. The van der Waals surface area contributed by atoms with E-state index >= 15 is 0 Å². The van der Waals surface area contributed by atoms with E-state index in [4.69, 9.17) is 16.3 Å². The number of nitrogens with one attached hydrogen (secondary N) is 2. The lowest BCUT2D eigenvalue weighted by Gasteiger charge is -2.04. The second kappa shape index (κ2) is 8.61. The van der Waals surface area contributed by atoms with E-state index in [-0.39, 0.29) is 16.6 Å². The van der Waals surface area contributed by atoms with E-state index in [1.165, 1.54) is 0 Å². The summed E-state index contributed by atoms with van der Waals surface area (Å²) in [5.41, 5.74) is 1.37. The Balaban J connectivity index is 1.60. The van der Waals surface area contributed by atoms with Crippen LogP contribution in [0.15, 0.2) is 48.5 Å². The third-order valence-electron chi connectivity index (χ3n) is 3.56. The van der Waals surface area contributed by atoms with E-state index in [1.54, 1.807) is 37.4 Å². The normalized spacial score (nSPS) is 10.3. The summed E-state index contributed by atoms with van der Waals surface area (Å²) in [7, 11) is 1.56. The number of carbonyl (C=O) groups excluding carboxylic acids is 2. The Kier molecular flexibility index (Phi) is 6.00. The molecule has 3 rings (SSSR count).